The summed E-state index contributed by atoms with van der Waals surface area (Å²) in [5, 5.41) is 3.05. The summed E-state index contributed by atoms with van der Waals surface area (Å²) in [7, 11) is 0. The van der Waals surface area contributed by atoms with Crippen LogP contribution in [0.4, 0.5) is 4.39 Å². The van der Waals surface area contributed by atoms with E-state index in [1.54, 1.807) is 6.07 Å². The Bertz CT molecular complexity index is 765. The Morgan fingerprint density at radius 1 is 1.27 bits per heavy atom. The Labute approximate surface area is 134 Å². The molecule has 2 amide bonds. The molecule has 1 aromatic carbocycles. The lowest BCUT2D eigenvalue weighted by Gasteiger charge is -2.26. The van der Waals surface area contributed by atoms with E-state index < -0.39 is 23.2 Å². The molecule has 1 fully saturated rings. The van der Waals surface area contributed by atoms with Crippen molar-refractivity contribution < 1.29 is 14.0 Å². The van der Waals surface area contributed by atoms with Gasteiger partial charge in [0, 0.05) is 9.86 Å². The second kappa shape index (κ2) is 5.39. The summed E-state index contributed by atoms with van der Waals surface area (Å²) in [5.74, 6) is -1.40. The van der Waals surface area contributed by atoms with Crippen molar-refractivity contribution in [2.45, 2.75) is 31.2 Å². The number of rotatable bonds is 3. The summed E-state index contributed by atoms with van der Waals surface area (Å²) >= 11 is 3.21. The Hall–Kier alpha value is -1.89. The van der Waals surface area contributed by atoms with Gasteiger partial charge in [0.25, 0.3) is 5.91 Å². The molecule has 4 N–H and O–H groups in total. The lowest BCUT2D eigenvalue weighted by molar-refractivity contribution is -0.123. The summed E-state index contributed by atoms with van der Waals surface area (Å²) in [6.07, 6.45) is 2.76. The van der Waals surface area contributed by atoms with Crippen LogP contribution in [0.2, 0.25) is 0 Å². The first-order valence-corrected chi connectivity index (χ1v) is 7.81. The number of halogens is 2. The Morgan fingerprint density at radius 2 is 1.95 bits per heavy atom. The second-order valence-electron chi connectivity index (χ2n) is 5.64. The SMILES string of the molecule is NC(=O)C1(NC(=O)c2cc3c(F)cc(Br)cc3[nH]2)CCCC1. The van der Waals surface area contributed by atoms with Crippen molar-refractivity contribution in [1.29, 1.82) is 0 Å². The summed E-state index contributed by atoms with van der Waals surface area (Å²) < 4.78 is 14.5. The monoisotopic (exact) mass is 367 g/mol. The van der Waals surface area contributed by atoms with Crippen molar-refractivity contribution in [1.82, 2.24) is 10.3 Å². The number of aromatic amines is 1. The molecule has 5 nitrogen and oxygen atoms in total. The van der Waals surface area contributed by atoms with Crippen LogP contribution in [0, 0.1) is 5.82 Å². The van der Waals surface area contributed by atoms with Crippen molar-refractivity contribution in [3.05, 3.63) is 34.2 Å². The summed E-state index contributed by atoms with van der Waals surface area (Å²) in [6.45, 7) is 0. The predicted molar refractivity (Wildman–Crippen MR) is 83.8 cm³/mol. The molecule has 0 atom stereocenters. The molecule has 22 heavy (non-hydrogen) atoms. The number of hydrogen-bond donors (Lipinski definition) is 3. The number of primary amides is 1. The van der Waals surface area contributed by atoms with Crippen molar-refractivity contribution in [3.63, 3.8) is 0 Å². The molecule has 1 aliphatic rings. The summed E-state index contributed by atoms with van der Waals surface area (Å²) in [5.41, 5.74) is 5.17. The lowest BCUT2D eigenvalue weighted by Crippen LogP contribution is -2.55. The van der Waals surface area contributed by atoms with Gasteiger partial charge >= 0.3 is 0 Å². The molecular formula is C15H15BrFN3O2. The topological polar surface area (TPSA) is 88.0 Å². The van der Waals surface area contributed by atoms with Crippen LogP contribution in [0.3, 0.4) is 0 Å². The predicted octanol–water partition coefficient (Wildman–Crippen LogP) is 2.60. The lowest BCUT2D eigenvalue weighted by atomic mass is 9.96. The highest BCUT2D eigenvalue weighted by Crippen LogP contribution is 2.30. The molecule has 1 heterocycles. The molecule has 3 rings (SSSR count). The molecule has 2 aromatic rings. The summed E-state index contributed by atoms with van der Waals surface area (Å²) in [6, 6.07) is 4.46. The van der Waals surface area contributed by atoms with E-state index in [4.69, 9.17) is 5.73 Å². The van der Waals surface area contributed by atoms with Gasteiger partial charge in [0.15, 0.2) is 0 Å². The third kappa shape index (κ3) is 2.49. The molecule has 1 aromatic heterocycles. The zero-order valence-electron chi connectivity index (χ0n) is 11.7. The third-order valence-electron chi connectivity index (χ3n) is 4.18. The molecule has 0 unspecified atom stereocenters. The molecule has 0 spiro atoms. The second-order valence-corrected chi connectivity index (χ2v) is 6.56. The fraction of sp³-hybridized carbons (Fsp3) is 0.333. The zero-order valence-corrected chi connectivity index (χ0v) is 13.3. The molecule has 0 saturated heterocycles. The number of carbonyl (C=O) groups excluding carboxylic acids is 2. The Balaban J connectivity index is 1.92. The first-order valence-electron chi connectivity index (χ1n) is 7.01. The van der Waals surface area contributed by atoms with Gasteiger partial charge in [-0.15, -0.1) is 0 Å². The minimum atomic E-state index is -0.993. The zero-order chi connectivity index (χ0) is 15.9. The van der Waals surface area contributed by atoms with Gasteiger partial charge in [0.1, 0.15) is 17.1 Å². The average molecular weight is 368 g/mol. The van der Waals surface area contributed by atoms with Crippen LogP contribution in [0.15, 0.2) is 22.7 Å². The van der Waals surface area contributed by atoms with E-state index in [-0.39, 0.29) is 5.69 Å². The maximum absolute atomic E-state index is 13.9. The van der Waals surface area contributed by atoms with E-state index in [1.165, 1.54) is 12.1 Å². The minimum absolute atomic E-state index is 0.208. The highest BCUT2D eigenvalue weighted by molar-refractivity contribution is 9.10. The minimum Gasteiger partial charge on any atom is -0.368 e. The van der Waals surface area contributed by atoms with Gasteiger partial charge in [-0.1, -0.05) is 28.8 Å². The number of fused-ring (bicyclic) bond motifs is 1. The largest absolute Gasteiger partial charge is 0.368 e. The van der Waals surface area contributed by atoms with E-state index in [0.29, 0.717) is 28.2 Å². The van der Waals surface area contributed by atoms with Gasteiger partial charge < -0.3 is 16.0 Å². The number of amides is 2. The van der Waals surface area contributed by atoms with E-state index >= 15 is 0 Å². The molecule has 0 radical (unpaired) electrons. The van der Waals surface area contributed by atoms with Crippen molar-refractivity contribution in [2.24, 2.45) is 5.73 Å². The van der Waals surface area contributed by atoms with Crippen LogP contribution in [0.1, 0.15) is 36.2 Å². The highest BCUT2D eigenvalue weighted by atomic mass is 79.9. The number of H-pyrrole nitrogens is 1. The molecule has 1 aliphatic carbocycles. The number of aromatic nitrogens is 1. The van der Waals surface area contributed by atoms with Crippen molar-refractivity contribution in [2.75, 3.05) is 0 Å². The van der Waals surface area contributed by atoms with E-state index in [0.717, 1.165) is 12.8 Å². The standard InChI is InChI=1S/C15H15BrFN3O2/c16-8-5-10(17)9-7-12(19-11(9)6-8)13(21)20-15(14(18)22)3-1-2-4-15/h5-7,19H,1-4H2,(H2,18,22)(H,20,21). The molecule has 7 heteroatoms. The van der Waals surface area contributed by atoms with Gasteiger partial charge in [-0.2, -0.15) is 0 Å². The van der Waals surface area contributed by atoms with Crippen molar-refractivity contribution in [3.8, 4) is 0 Å². The first-order chi connectivity index (χ1) is 10.4. The first kappa shape index (κ1) is 15.0. The molecule has 0 bridgehead atoms. The van der Waals surface area contributed by atoms with E-state index in [9.17, 15) is 14.0 Å². The highest BCUT2D eigenvalue weighted by Gasteiger charge is 2.41. The molecule has 0 aliphatic heterocycles. The van der Waals surface area contributed by atoms with Gasteiger partial charge in [-0.05, 0) is 31.0 Å². The van der Waals surface area contributed by atoms with Crippen LogP contribution >= 0.6 is 15.9 Å². The maximum atomic E-state index is 13.9. The van der Waals surface area contributed by atoms with Crippen LogP contribution in [-0.4, -0.2) is 22.3 Å². The van der Waals surface area contributed by atoms with Crippen LogP contribution < -0.4 is 11.1 Å². The van der Waals surface area contributed by atoms with Crippen molar-refractivity contribution >= 4 is 38.6 Å². The smallest absolute Gasteiger partial charge is 0.268 e. The number of hydrogen-bond acceptors (Lipinski definition) is 2. The van der Waals surface area contributed by atoms with Gasteiger partial charge in [0.2, 0.25) is 5.91 Å². The van der Waals surface area contributed by atoms with Gasteiger partial charge in [-0.25, -0.2) is 4.39 Å². The Kier molecular flexibility index (Phi) is 3.68. The molecular weight excluding hydrogens is 353 g/mol. The fourth-order valence-electron chi connectivity index (χ4n) is 2.98. The van der Waals surface area contributed by atoms with Gasteiger partial charge in [-0.3, -0.25) is 9.59 Å². The average Bonchev–Trinajstić information content (AvgIpc) is 3.05. The number of carbonyl (C=O) groups is 2. The molecule has 1 saturated carbocycles. The van der Waals surface area contributed by atoms with Gasteiger partial charge in [0.05, 0.1) is 5.52 Å². The molecule has 116 valence electrons. The number of nitrogens with two attached hydrogens (primary N) is 1. The fourth-order valence-corrected chi connectivity index (χ4v) is 3.41. The van der Waals surface area contributed by atoms with Crippen LogP contribution in [-0.2, 0) is 4.79 Å². The normalized spacial score (nSPS) is 16.8. The number of nitrogens with one attached hydrogen (secondary N) is 2. The Morgan fingerprint density at radius 3 is 2.59 bits per heavy atom. The summed E-state index contributed by atoms with van der Waals surface area (Å²) in [4.78, 5) is 27.0. The third-order valence-corrected chi connectivity index (χ3v) is 4.64. The van der Waals surface area contributed by atoms with E-state index in [2.05, 4.69) is 26.2 Å². The number of benzene rings is 1. The van der Waals surface area contributed by atoms with E-state index in [1.807, 2.05) is 0 Å². The van der Waals surface area contributed by atoms with Crippen LogP contribution in [0.25, 0.3) is 10.9 Å². The maximum Gasteiger partial charge on any atom is 0.268 e. The van der Waals surface area contributed by atoms with Crippen LogP contribution in [0.5, 0.6) is 0 Å². The quantitative estimate of drug-likeness (QED) is 0.778.